The van der Waals surface area contributed by atoms with E-state index in [9.17, 15) is 4.79 Å². The van der Waals surface area contributed by atoms with Crippen molar-refractivity contribution in [3.63, 3.8) is 0 Å². The Morgan fingerprint density at radius 2 is 2.00 bits per heavy atom. The zero-order chi connectivity index (χ0) is 14.0. The standard InChI is InChI=1S/C18H26O/c1-5-14-7-6-8-15(12-14)18(3,4)16-10-9-13(2)11-17(16)19/h6-8,12-13,16H,5,9-11H2,1-4H3. The lowest BCUT2D eigenvalue weighted by atomic mass is 9.65. The molecule has 0 radical (unpaired) electrons. The normalized spacial score (nSPS) is 24.5. The summed E-state index contributed by atoms with van der Waals surface area (Å²) in [6, 6.07) is 8.77. The lowest BCUT2D eigenvalue weighted by Gasteiger charge is -2.38. The summed E-state index contributed by atoms with van der Waals surface area (Å²) in [5.41, 5.74) is 2.64. The van der Waals surface area contributed by atoms with Crippen molar-refractivity contribution in [2.75, 3.05) is 0 Å². The molecule has 2 atom stereocenters. The topological polar surface area (TPSA) is 17.1 Å². The van der Waals surface area contributed by atoms with Crippen molar-refractivity contribution in [1.29, 1.82) is 0 Å². The zero-order valence-electron chi connectivity index (χ0n) is 12.7. The van der Waals surface area contributed by atoms with E-state index in [4.69, 9.17) is 0 Å². The number of carbonyl (C=O) groups is 1. The third-order valence-corrected chi connectivity index (χ3v) is 4.84. The van der Waals surface area contributed by atoms with Crippen LogP contribution in [-0.2, 0) is 16.6 Å². The van der Waals surface area contributed by atoms with E-state index in [1.54, 1.807) is 0 Å². The van der Waals surface area contributed by atoms with Crippen LogP contribution in [-0.4, -0.2) is 5.78 Å². The fourth-order valence-corrected chi connectivity index (χ4v) is 3.36. The minimum absolute atomic E-state index is 0.0393. The first-order chi connectivity index (χ1) is 8.95. The monoisotopic (exact) mass is 258 g/mol. The Hall–Kier alpha value is -1.11. The fourth-order valence-electron chi connectivity index (χ4n) is 3.36. The van der Waals surface area contributed by atoms with Crippen LogP contribution < -0.4 is 0 Å². The van der Waals surface area contributed by atoms with Gasteiger partial charge in [0.1, 0.15) is 5.78 Å². The Balaban J connectivity index is 2.27. The average Bonchev–Trinajstić information content (AvgIpc) is 2.38. The Bertz CT molecular complexity index is 459. The van der Waals surface area contributed by atoms with Crippen molar-refractivity contribution < 1.29 is 4.79 Å². The second-order valence-corrected chi connectivity index (χ2v) is 6.68. The molecule has 19 heavy (non-hydrogen) atoms. The first-order valence-electron chi connectivity index (χ1n) is 7.57. The quantitative estimate of drug-likeness (QED) is 0.778. The van der Waals surface area contributed by atoms with E-state index < -0.39 is 0 Å². The lowest BCUT2D eigenvalue weighted by molar-refractivity contribution is -0.128. The van der Waals surface area contributed by atoms with Crippen molar-refractivity contribution in [2.45, 2.75) is 58.8 Å². The number of rotatable bonds is 3. The molecule has 0 saturated heterocycles. The summed E-state index contributed by atoms with van der Waals surface area (Å²) in [7, 11) is 0. The Morgan fingerprint density at radius 3 is 2.63 bits per heavy atom. The van der Waals surface area contributed by atoms with Crippen LogP contribution in [0.4, 0.5) is 0 Å². The maximum absolute atomic E-state index is 12.4. The Labute approximate surface area is 117 Å². The molecule has 1 aliphatic rings. The molecule has 2 unspecified atom stereocenters. The van der Waals surface area contributed by atoms with E-state index in [2.05, 4.69) is 52.0 Å². The first-order valence-corrected chi connectivity index (χ1v) is 7.57. The van der Waals surface area contributed by atoms with Crippen molar-refractivity contribution in [3.05, 3.63) is 35.4 Å². The summed E-state index contributed by atoms with van der Waals surface area (Å²) in [6.07, 6.45) is 4.05. The van der Waals surface area contributed by atoms with Gasteiger partial charge in [-0.3, -0.25) is 4.79 Å². The van der Waals surface area contributed by atoms with E-state index in [1.165, 1.54) is 17.5 Å². The second-order valence-electron chi connectivity index (χ2n) is 6.68. The van der Waals surface area contributed by atoms with E-state index in [1.807, 2.05) is 0 Å². The molecule has 1 nitrogen and oxygen atoms in total. The van der Waals surface area contributed by atoms with E-state index >= 15 is 0 Å². The summed E-state index contributed by atoms with van der Waals surface area (Å²) < 4.78 is 0. The van der Waals surface area contributed by atoms with E-state index in [0.717, 1.165) is 19.3 Å². The summed E-state index contributed by atoms with van der Waals surface area (Å²) in [4.78, 5) is 12.4. The molecule has 1 saturated carbocycles. The maximum Gasteiger partial charge on any atom is 0.137 e. The van der Waals surface area contributed by atoms with Crippen LogP contribution in [0.5, 0.6) is 0 Å². The molecule has 2 rings (SSSR count). The number of aryl methyl sites for hydroxylation is 1. The van der Waals surface area contributed by atoms with Crippen LogP contribution in [0.1, 0.15) is 58.1 Å². The van der Waals surface area contributed by atoms with Gasteiger partial charge in [0.25, 0.3) is 0 Å². The highest BCUT2D eigenvalue weighted by Gasteiger charge is 2.39. The van der Waals surface area contributed by atoms with Crippen LogP contribution in [0, 0.1) is 11.8 Å². The van der Waals surface area contributed by atoms with Gasteiger partial charge in [-0.25, -0.2) is 0 Å². The second kappa shape index (κ2) is 5.48. The number of hydrogen-bond acceptors (Lipinski definition) is 1. The SMILES string of the molecule is CCc1cccc(C(C)(C)C2CCC(C)CC2=O)c1. The van der Waals surface area contributed by atoms with Gasteiger partial charge in [0.05, 0.1) is 0 Å². The average molecular weight is 258 g/mol. The van der Waals surface area contributed by atoms with E-state index in [-0.39, 0.29) is 11.3 Å². The van der Waals surface area contributed by atoms with Gasteiger partial charge in [-0.2, -0.15) is 0 Å². The molecule has 0 heterocycles. The fraction of sp³-hybridized carbons (Fsp3) is 0.611. The number of ketones is 1. The largest absolute Gasteiger partial charge is 0.299 e. The summed E-state index contributed by atoms with van der Waals surface area (Å²) in [6.45, 7) is 8.85. The first kappa shape index (κ1) is 14.3. The zero-order valence-corrected chi connectivity index (χ0v) is 12.7. The molecular weight excluding hydrogens is 232 g/mol. The molecule has 1 aliphatic carbocycles. The van der Waals surface area contributed by atoms with E-state index in [0.29, 0.717) is 11.7 Å². The molecule has 104 valence electrons. The maximum atomic E-state index is 12.4. The molecule has 1 heteroatoms. The molecular formula is C18H26O. The Kier molecular flexibility index (Phi) is 4.13. The van der Waals surface area contributed by atoms with Crippen LogP contribution in [0.3, 0.4) is 0 Å². The molecule has 0 bridgehead atoms. The van der Waals surface area contributed by atoms with Crippen molar-refractivity contribution in [2.24, 2.45) is 11.8 Å². The van der Waals surface area contributed by atoms with Gasteiger partial charge in [-0.1, -0.05) is 52.0 Å². The lowest BCUT2D eigenvalue weighted by Crippen LogP contribution is -2.38. The van der Waals surface area contributed by atoms with Gasteiger partial charge in [0.15, 0.2) is 0 Å². The molecule has 0 N–H and O–H groups in total. The van der Waals surface area contributed by atoms with Crippen molar-refractivity contribution in [1.82, 2.24) is 0 Å². The predicted molar refractivity (Wildman–Crippen MR) is 80.4 cm³/mol. The third kappa shape index (κ3) is 2.91. The van der Waals surface area contributed by atoms with Crippen molar-refractivity contribution in [3.8, 4) is 0 Å². The van der Waals surface area contributed by atoms with Gasteiger partial charge < -0.3 is 0 Å². The molecule has 1 aromatic carbocycles. The molecule has 1 fully saturated rings. The highest BCUT2D eigenvalue weighted by atomic mass is 16.1. The highest BCUT2D eigenvalue weighted by molar-refractivity contribution is 5.83. The van der Waals surface area contributed by atoms with Crippen LogP contribution in [0.25, 0.3) is 0 Å². The van der Waals surface area contributed by atoms with Crippen LogP contribution in [0.2, 0.25) is 0 Å². The smallest absolute Gasteiger partial charge is 0.137 e. The minimum Gasteiger partial charge on any atom is -0.299 e. The molecule has 0 aromatic heterocycles. The number of Topliss-reactive ketones (excluding diaryl/α,β-unsaturated/α-hetero) is 1. The molecule has 0 aliphatic heterocycles. The van der Waals surface area contributed by atoms with Crippen LogP contribution in [0.15, 0.2) is 24.3 Å². The molecule has 1 aromatic rings. The van der Waals surface area contributed by atoms with Gasteiger partial charge >= 0.3 is 0 Å². The minimum atomic E-state index is -0.0393. The summed E-state index contributed by atoms with van der Waals surface area (Å²) in [5.74, 6) is 1.22. The number of benzene rings is 1. The summed E-state index contributed by atoms with van der Waals surface area (Å²) in [5, 5.41) is 0. The Morgan fingerprint density at radius 1 is 1.26 bits per heavy atom. The highest BCUT2D eigenvalue weighted by Crippen LogP contribution is 2.40. The molecule has 0 amide bonds. The van der Waals surface area contributed by atoms with Crippen molar-refractivity contribution >= 4 is 5.78 Å². The molecule has 0 spiro atoms. The summed E-state index contributed by atoms with van der Waals surface area (Å²) >= 11 is 0. The van der Waals surface area contributed by atoms with Crippen LogP contribution >= 0.6 is 0 Å². The number of hydrogen-bond donors (Lipinski definition) is 0. The van der Waals surface area contributed by atoms with Gasteiger partial charge in [0.2, 0.25) is 0 Å². The number of carbonyl (C=O) groups excluding carboxylic acids is 1. The third-order valence-electron chi connectivity index (χ3n) is 4.84. The van der Waals surface area contributed by atoms with Gasteiger partial charge in [-0.05, 0) is 41.7 Å². The van der Waals surface area contributed by atoms with Gasteiger partial charge in [-0.15, -0.1) is 0 Å². The van der Waals surface area contributed by atoms with Gasteiger partial charge in [0, 0.05) is 12.3 Å². The predicted octanol–water partition coefficient (Wildman–Crippen LogP) is 4.53.